The molecule has 3 rings (SSSR count). The predicted octanol–water partition coefficient (Wildman–Crippen LogP) is 5.27. The number of ether oxygens (including phenoxy) is 2. The number of thiazole rings is 1. The quantitative estimate of drug-likeness (QED) is 0.535. The fourth-order valence-electron chi connectivity index (χ4n) is 2.36. The van der Waals surface area contributed by atoms with Crippen LogP contribution in [-0.4, -0.2) is 24.1 Å². The highest BCUT2D eigenvalue weighted by molar-refractivity contribution is 9.10. The van der Waals surface area contributed by atoms with E-state index in [1.54, 1.807) is 12.3 Å². The average molecular weight is 469 g/mol. The van der Waals surface area contributed by atoms with Crippen LogP contribution in [0.15, 0.2) is 46.3 Å². The lowest BCUT2D eigenvalue weighted by Gasteiger charge is -2.14. The topological polar surface area (TPSA) is 60.5 Å². The highest BCUT2D eigenvalue weighted by Crippen LogP contribution is 2.33. The van der Waals surface area contributed by atoms with E-state index in [2.05, 4.69) is 26.2 Å². The zero-order valence-electron chi connectivity index (χ0n) is 14.8. The molecule has 1 heterocycles. The maximum Gasteiger partial charge on any atom is 0.266 e. The number of carbonyl (C=O) groups is 1. The van der Waals surface area contributed by atoms with E-state index in [9.17, 15) is 13.6 Å². The van der Waals surface area contributed by atoms with Gasteiger partial charge in [-0.2, -0.15) is 0 Å². The molecule has 2 aromatic carbocycles. The first kappa shape index (κ1) is 20.2. The van der Waals surface area contributed by atoms with E-state index in [0.29, 0.717) is 32.4 Å². The van der Waals surface area contributed by atoms with Crippen molar-refractivity contribution in [1.29, 1.82) is 0 Å². The van der Waals surface area contributed by atoms with E-state index < -0.39 is 23.6 Å². The van der Waals surface area contributed by atoms with Gasteiger partial charge in [-0.15, -0.1) is 11.3 Å². The summed E-state index contributed by atoms with van der Waals surface area (Å²) in [7, 11) is 1.48. The Bertz CT molecular complexity index is 1010. The first-order valence-electron chi connectivity index (χ1n) is 8.09. The first-order valence-corrected chi connectivity index (χ1v) is 9.76. The van der Waals surface area contributed by atoms with Gasteiger partial charge in [-0.1, -0.05) is 0 Å². The third-order valence-corrected chi connectivity index (χ3v) is 5.12. The number of hydrogen-bond acceptors (Lipinski definition) is 5. The molecule has 9 heteroatoms. The van der Waals surface area contributed by atoms with Crippen LogP contribution in [0.1, 0.15) is 6.92 Å². The second kappa shape index (κ2) is 8.66. The van der Waals surface area contributed by atoms with Crippen LogP contribution in [0.2, 0.25) is 0 Å². The number of methoxy groups -OCH3 is 1. The molecule has 0 aliphatic heterocycles. The summed E-state index contributed by atoms with van der Waals surface area (Å²) in [4.78, 5) is 16.7. The van der Waals surface area contributed by atoms with Gasteiger partial charge < -0.3 is 9.47 Å². The summed E-state index contributed by atoms with van der Waals surface area (Å²) in [6, 6.07) is 8.05. The fourth-order valence-corrected chi connectivity index (χ4v) is 3.51. The predicted molar refractivity (Wildman–Crippen MR) is 107 cm³/mol. The summed E-state index contributed by atoms with van der Waals surface area (Å²) in [5.74, 6) is -0.445. The van der Waals surface area contributed by atoms with Crippen LogP contribution in [-0.2, 0) is 4.79 Å². The molecule has 0 saturated heterocycles. The summed E-state index contributed by atoms with van der Waals surface area (Å²) >= 11 is 4.38. The number of hydrogen-bond donors (Lipinski definition) is 1. The number of amides is 1. The summed E-state index contributed by atoms with van der Waals surface area (Å²) in [5, 5.41) is 4.68. The molecule has 5 nitrogen and oxygen atoms in total. The molecule has 0 fully saturated rings. The lowest BCUT2D eigenvalue weighted by molar-refractivity contribution is -0.122. The van der Waals surface area contributed by atoms with Gasteiger partial charge in [0.1, 0.15) is 23.1 Å². The highest BCUT2D eigenvalue weighted by atomic mass is 79.9. The second-order valence-electron chi connectivity index (χ2n) is 5.71. The number of anilines is 1. The van der Waals surface area contributed by atoms with Crippen molar-refractivity contribution in [2.24, 2.45) is 0 Å². The lowest BCUT2D eigenvalue weighted by Crippen LogP contribution is -2.30. The summed E-state index contributed by atoms with van der Waals surface area (Å²) in [5.41, 5.74) is 0.963. The van der Waals surface area contributed by atoms with Crippen molar-refractivity contribution in [1.82, 2.24) is 4.98 Å². The van der Waals surface area contributed by atoms with E-state index in [0.717, 1.165) is 0 Å². The van der Waals surface area contributed by atoms with Crippen molar-refractivity contribution >= 4 is 38.3 Å². The smallest absolute Gasteiger partial charge is 0.266 e. The van der Waals surface area contributed by atoms with Gasteiger partial charge in [-0.3, -0.25) is 10.1 Å². The van der Waals surface area contributed by atoms with Crippen molar-refractivity contribution in [3.63, 3.8) is 0 Å². The zero-order chi connectivity index (χ0) is 20.3. The summed E-state index contributed by atoms with van der Waals surface area (Å²) in [6.45, 7) is 1.56. The van der Waals surface area contributed by atoms with Crippen LogP contribution in [0.25, 0.3) is 11.3 Å². The Balaban J connectivity index is 1.71. The standard InChI is InChI=1S/C19H15BrF2N2O3S/c1-10(27-17-6-4-12(22)8-14(17)20)18(25)24-19-23-15(9-28-19)13-7-11(21)3-5-16(13)26-2/h3-10H,1-2H3,(H,23,24,25). The number of rotatable bonds is 6. The molecule has 0 bridgehead atoms. The third kappa shape index (κ3) is 4.66. The molecule has 1 atom stereocenters. The minimum absolute atomic E-state index is 0.333. The molecule has 0 aliphatic carbocycles. The maximum atomic E-state index is 13.6. The van der Waals surface area contributed by atoms with E-state index in [1.165, 1.54) is 54.8 Å². The number of benzene rings is 2. The zero-order valence-corrected chi connectivity index (χ0v) is 17.2. The van der Waals surface area contributed by atoms with Gasteiger partial charge in [-0.25, -0.2) is 13.8 Å². The highest BCUT2D eigenvalue weighted by Gasteiger charge is 2.19. The molecule has 28 heavy (non-hydrogen) atoms. The molecular weight excluding hydrogens is 454 g/mol. The van der Waals surface area contributed by atoms with Gasteiger partial charge in [0.15, 0.2) is 11.2 Å². The summed E-state index contributed by atoms with van der Waals surface area (Å²) < 4.78 is 37.9. The van der Waals surface area contributed by atoms with Crippen molar-refractivity contribution in [3.05, 3.63) is 57.9 Å². The number of carbonyl (C=O) groups excluding carboxylic acids is 1. The van der Waals surface area contributed by atoms with Crippen LogP contribution in [0.5, 0.6) is 11.5 Å². The van der Waals surface area contributed by atoms with Gasteiger partial charge in [0, 0.05) is 10.9 Å². The lowest BCUT2D eigenvalue weighted by atomic mass is 10.1. The molecule has 0 aliphatic rings. The number of nitrogens with one attached hydrogen (secondary N) is 1. The molecule has 146 valence electrons. The molecule has 1 aromatic heterocycles. The Morgan fingerprint density at radius 3 is 2.54 bits per heavy atom. The minimum Gasteiger partial charge on any atom is -0.496 e. The molecule has 0 saturated carbocycles. The monoisotopic (exact) mass is 468 g/mol. The fraction of sp³-hybridized carbons (Fsp3) is 0.158. The Morgan fingerprint density at radius 1 is 1.18 bits per heavy atom. The molecule has 3 aromatic rings. The van der Waals surface area contributed by atoms with Gasteiger partial charge in [0.2, 0.25) is 0 Å². The third-order valence-electron chi connectivity index (χ3n) is 3.74. The molecule has 1 unspecified atom stereocenters. The van der Waals surface area contributed by atoms with Crippen LogP contribution in [0.4, 0.5) is 13.9 Å². The van der Waals surface area contributed by atoms with Crippen molar-refractivity contribution in [2.45, 2.75) is 13.0 Å². The van der Waals surface area contributed by atoms with Gasteiger partial charge in [0.05, 0.1) is 17.3 Å². The molecule has 1 N–H and O–H groups in total. The van der Waals surface area contributed by atoms with Gasteiger partial charge in [0.25, 0.3) is 5.91 Å². The van der Waals surface area contributed by atoms with E-state index >= 15 is 0 Å². The van der Waals surface area contributed by atoms with E-state index in [1.807, 2.05) is 0 Å². The minimum atomic E-state index is -0.849. The Hall–Kier alpha value is -2.52. The molecule has 0 radical (unpaired) electrons. The Kier molecular flexibility index (Phi) is 6.25. The molecule has 1 amide bonds. The van der Waals surface area contributed by atoms with E-state index in [4.69, 9.17) is 9.47 Å². The van der Waals surface area contributed by atoms with Crippen LogP contribution >= 0.6 is 27.3 Å². The largest absolute Gasteiger partial charge is 0.496 e. The SMILES string of the molecule is COc1ccc(F)cc1-c1csc(NC(=O)C(C)Oc2ccc(F)cc2Br)n1. The second-order valence-corrected chi connectivity index (χ2v) is 7.42. The van der Waals surface area contributed by atoms with Crippen LogP contribution in [0, 0.1) is 11.6 Å². The van der Waals surface area contributed by atoms with Crippen molar-refractivity contribution in [3.8, 4) is 22.8 Å². The normalized spacial score (nSPS) is 11.8. The number of halogens is 3. The number of aromatic nitrogens is 1. The van der Waals surface area contributed by atoms with Gasteiger partial charge >= 0.3 is 0 Å². The van der Waals surface area contributed by atoms with Crippen LogP contribution in [0.3, 0.4) is 0 Å². The first-order chi connectivity index (χ1) is 13.4. The summed E-state index contributed by atoms with van der Waals surface area (Å²) in [6.07, 6.45) is -0.849. The Labute approximate surface area is 172 Å². The average Bonchev–Trinajstić information content (AvgIpc) is 3.12. The maximum absolute atomic E-state index is 13.6. The van der Waals surface area contributed by atoms with Gasteiger partial charge in [-0.05, 0) is 59.3 Å². The number of nitrogens with zero attached hydrogens (tertiary/aromatic N) is 1. The Morgan fingerprint density at radius 2 is 1.86 bits per heavy atom. The molecule has 0 spiro atoms. The van der Waals surface area contributed by atoms with Crippen LogP contribution < -0.4 is 14.8 Å². The van der Waals surface area contributed by atoms with Crippen molar-refractivity contribution in [2.75, 3.05) is 12.4 Å². The van der Waals surface area contributed by atoms with E-state index in [-0.39, 0.29) is 0 Å². The van der Waals surface area contributed by atoms with Crippen molar-refractivity contribution < 1.29 is 23.0 Å². The molecular formula is C19H15BrF2N2O3S.